The normalized spacial score (nSPS) is 32.0. The van der Waals surface area contributed by atoms with Crippen molar-refractivity contribution in [1.29, 1.82) is 0 Å². The third-order valence-corrected chi connectivity index (χ3v) is 8.79. The molecule has 2 aromatic rings. The van der Waals surface area contributed by atoms with Crippen molar-refractivity contribution in [1.82, 2.24) is 9.88 Å². The Hall–Kier alpha value is -2.63. The minimum Gasteiger partial charge on any atom is -0.484 e. The second-order valence-electron chi connectivity index (χ2n) is 11.4. The summed E-state index contributed by atoms with van der Waals surface area (Å²) in [5, 5.41) is 5.15. The van der Waals surface area contributed by atoms with E-state index in [1.54, 1.807) is 0 Å². The van der Waals surface area contributed by atoms with Gasteiger partial charge in [0, 0.05) is 29.9 Å². The van der Waals surface area contributed by atoms with Gasteiger partial charge >= 0.3 is 0 Å². The van der Waals surface area contributed by atoms with Crippen LogP contribution in [0.5, 0.6) is 5.75 Å². The van der Waals surface area contributed by atoms with Gasteiger partial charge in [0.1, 0.15) is 23.7 Å². The van der Waals surface area contributed by atoms with Gasteiger partial charge in [-0.25, -0.2) is 0 Å². The molecular formula is C28H35N5O5. The van der Waals surface area contributed by atoms with Crippen LogP contribution in [0.25, 0.3) is 10.9 Å². The van der Waals surface area contributed by atoms with Gasteiger partial charge in [-0.2, -0.15) is 5.10 Å². The number of nitrogens with zero attached hydrogens (tertiary/aromatic N) is 4. The molecule has 202 valence electrons. The molecule has 2 N–H and O–H groups in total. The Labute approximate surface area is 222 Å². The maximum absolute atomic E-state index is 6.29. The molecule has 5 aliphatic heterocycles. The van der Waals surface area contributed by atoms with Crippen LogP contribution < -0.4 is 10.6 Å². The summed E-state index contributed by atoms with van der Waals surface area (Å²) in [5.41, 5.74) is 3.96. The molecule has 4 saturated heterocycles. The topological polar surface area (TPSA) is 113 Å². The van der Waals surface area contributed by atoms with Gasteiger partial charge in [0.25, 0.3) is 0 Å². The van der Waals surface area contributed by atoms with Crippen LogP contribution in [0.4, 0.5) is 0 Å². The largest absolute Gasteiger partial charge is 0.484 e. The monoisotopic (exact) mass is 521 g/mol. The number of aromatic nitrogens is 1. The number of hydrogen-bond donors (Lipinski definition) is 1. The van der Waals surface area contributed by atoms with E-state index < -0.39 is 0 Å². The maximum atomic E-state index is 6.29. The molecule has 0 radical (unpaired) electrons. The van der Waals surface area contributed by atoms with E-state index in [2.05, 4.69) is 21.1 Å². The molecule has 1 aromatic carbocycles. The zero-order valence-electron chi connectivity index (χ0n) is 21.8. The fraction of sp³-hybridized carbons (Fsp3) is 0.607. The van der Waals surface area contributed by atoms with Crippen molar-refractivity contribution in [2.75, 3.05) is 46.2 Å². The Balaban J connectivity index is 1.02. The van der Waals surface area contributed by atoms with Crippen LogP contribution in [-0.4, -0.2) is 97.3 Å². The first kappa shape index (κ1) is 24.4. The maximum Gasteiger partial charge on any atom is 0.141 e. The number of pyridine rings is 1. The lowest BCUT2D eigenvalue weighted by Gasteiger charge is -2.50. The van der Waals surface area contributed by atoms with Crippen LogP contribution in [0.3, 0.4) is 0 Å². The summed E-state index contributed by atoms with van der Waals surface area (Å²) in [7, 11) is 0. The molecule has 6 aliphatic rings. The number of hydrazone groups is 1. The van der Waals surface area contributed by atoms with Gasteiger partial charge in [-0.05, 0) is 55.5 Å². The number of ether oxygens (including phenoxy) is 5. The average Bonchev–Trinajstić information content (AvgIpc) is 3.40. The molecule has 8 rings (SSSR count). The van der Waals surface area contributed by atoms with Gasteiger partial charge in [-0.3, -0.25) is 14.9 Å². The predicted octanol–water partition coefficient (Wildman–Crippen LogP) is 1.86. The predicted molar refractivity (Wildman–Crippen MR) is 142 cm³/mol. The highest BCUT2D eigenvalue weighted by Gasteiger charge is 2.68. The van der Waals surface area contributed by atoms with E-state index in [0.717, 1.165) is 61.2 Å². The Bertz CT molecular complexity index is 1270. The molecule has 2 bridgehead atoms. The first-order valence-electron chi connectivity index (χ1n) is 13.6. The highest BCUT2D eigenvalue weighted by molar-refractivity contribution is 6.32. The van der Waals surface area contributed by atoms with Crippen molar-refractivity contribution in [3.63, 3.8) is 0 Å². The van der Waals surface area contributed by atoms with Crippen molar-refractivity contribution in [3.8, 4) is 5.75 Å². The number of benzene rings is 1. The number of fused-ring (bicyclic) bond motifs is 3. The van der Waals surface area contributed by atoms with Gasteiger partial charge < -0.3 is 29.5 Å². The lowest BCUT2D eigenvalue weighted by Crippen LogP contribution is -2.61. The summed E-state index contributed by atoms with van der Waals surface area (Å²) in [6, 6.07) is 6.27. The quantitative estimate of drug-likeness (QED) is 0.318. The molecule has 6 heterocycles. The number of morpholine rings is 1. The molecule has 10 nitrogen and oxygen atoms in total. The minimum absolute atomic E-state index is 0.0746. The van der Waals surface area contributed by atoms with Crippen LogP contribution >= 0.6 is 0 Å². The highest BCUT2D eigenvalue weighted by atomic mass is 16.6. The number of hydrogen-bond acceptors (Lipinski definition) is 10. The Kier molecular flexibility index (Phi) is 6.12. The minimum atomic E-state index is -0.347. The molecule has 10 heteroatoms. The summed E-state index contributed by atoms with van der Waals surface area (Å²) in [5.74, 6) is 6.57. The Morgan fingerprint density at radius 3 is 2.97 bits per heavy atom. The summed E-state index contributed by atoms with van der Waals surface area (Å²) >= 11 is 0. The summed E-state index contributed by atoms with van der Waals surface area (Å²) in [6.07, 6.45) is 6.46. The molecule has 5 fully saturated rings. The molecule has 1 spiro atoms. The molecule has 0 amide bonds. The highest BCUT2D eigenvalue weighted by Crippen LogP contribution is 2.57. The summed E-state index contributed by atoms with van der Waals surface area (Å²) in [4.78, 5) is 12.2. The molecule has 1 aromatic heterocycles. The number of aliphatic imine (C=N–C) groups is 1. The van der Waals surface area contributed by atoms with Gasteiger partial charge in [0.15, 0.2) is 0 Å². The summed E-state index contributed by atoms with van der Waals surface area (Å²) < 4.78 is 29.2. The van der Waals surface area contributed by atoms with Crippen molar-refractivity contribution in [3.05, 3.63) is 35.5 Å². The zero-order chi connectivity index (χ0) is 25.7. The standard InChI is InChI=1S/C28H35N5O5/c1-18(38-21-2-3-25-24(6-21)23-4-5-34-9-19(23)7-30-25)26(32-29)8-31-27-14-28(15-27)17-36-10-20(33(28)16-27)11-37-22-12-35-13-22/h2-3,6-8,18,20,22H,4-5,9-17,29H2,1H3/b31-8?,32-26+. The third kappa shape index (κ3) is 4.19. The second-order valence-corrected chi connectivity index (χ2v) is 11.4. The van der Waals surface area contributed by atoms with Crippen molar-refractivity contribution < 1.29 is 23.7 Å². The molecule has 38 heavy (non-hydrogen) atoms. The van der Waals surface area contributed by atoms with E-state index in [4.69, 9.17) is 34.5 Å². The molecule has 1 aliphatic carbocycles. The van der Waals surface area contributed by atoms with E-state index in [1.165, 1.54) is 5.56 Å². The Morgan fingerprint density at radius 2 is 2.16 bits per heavy atom. The fourth-order valence-electron chi connectivity index (χ4n) is 6.80. The fourth-order valence-corrected chi connectivity index (χ4v) is 6.80. The Morgan fingerprint density at radius 1 is 1.26 bits per heavy atom. The van der Waals surface area contributed by atoms with E-state index in [-0.39, 0.29) is 29.3 Å². The van der Waals surface area contributed by atoms with Crippen molar-refractivity contribution >= 4 is 22.8 Å². The van der Waals surface area contributed by atoms with Crippen LogP contribution in [0.2, 0.25) is 0 Å². The average molecular weight is 522 g/mol. The second kappa shape index (κ2) is 9.53. The molecule has 1 saturated carbocycles. The number of nitrogens with two attached hydrogens (primary N) is 1. The number of rotatable bonds is 8. The smallest absolute Gasteiger partial charge is 0.141 e. The van der Waals surface area contributed by atoms with Gasteiger partial charge in [-0.1, -0.05) is 0 Å². The van der Waals surface area contributed by atoms with E-state index in [9.17, 15) is 0 Å². The van der Waals surface area contributed by atoms with Crippen LogP contribution in [-0.2, 0) is 32.0 Å². The first-order valence-corrected chi connectivity index (χ1v) is 13.6. The lowest BCUT2D eigenvalue weighted by molar-refractivity contribution is -0.162. The summed E-state index contributed by atoms with van der Waals surface area (Å²) in [6.45, 7) is 7.72. The van der Waals surface area contributed by atoms with Gasteiger partial charge in [0.05, 0.1) is 63.3 Å². The van der Waals surface area contributed by atoms with Gasteiger partial charge in [0.2, 0.25) is 0 Å². The van der Waals surface area contributed by atoms with Crippen LogP contribution in [0.15, 0.2) is 34.5 Å². The molecule has 2 atom stereocenters. The van der Waals surface area contributed by atoms with Gasteiger partial charge in [-0.15, -0.1) is 0 Å². The van der Waals surface area contributed by atoms with E-state index in [0.29, 0.717) is 38.7 Å². The zero-order valence-corrected chi connectivity index (χ0v) is 21.8. The molecule has 2 unspecified atom stereocenters. The van der Waals surface area contributed by atoms with E-state index in [1.807, 2.05) is 31.5 Å². The van der Waals surface area contributed by atoms with Crippen LogP contribution in [0, 0.1) is 0 Å². The lowest BCUT2D eigenvalue weighted by atomic mass is 9.68. The first-order chi connectivity index (χ1) is 18.6. The third-order valence-electron chi connectivity index (χ3n) is 8.79. The van der Waals surface area contributed by atoms with Crippen molar-refractivity contribution in [2.45, 2.75) is 62.1 Å². The molecular weight excluding hydrogens is 486 g/mol. The van der Waals surface area contributed by atoms with Crippen LogP contribution in [0.1, 0.15) is 30.9 Å². The SMILES string of the molecule is CC(Oc1ccc2ncc3c(c2c1)CCOC3)/C(C=NC12CN3C(COC4COC4)COCC3(C1)C2)=N/N. The van der Waals surface area contributed by atoms with E-state index >= 15 is 0 Å². The van der Waals surface area contributed by atoms with Crippen molar-refractivity contribution in [2.24, 2.45) is 15.9 Å².